The van der Waals surface area contributed by atoms with Gasteiger partial charge in [0.15, 0.2) is 0 Å². The standard InChI is InChI=1S/C24H33F3N4O4S/c1-22(2,3)34-20(32)31(21(33)35-23(4,5)6)19-28-18-15(14-30-10-8-29(7)9-11-30)12-16(24(25,26)27)13-17(18)36-19/h12-13H,8-11,14H2,1-7H3. The lowest BCUT2D eigenvalue weighted by Gasteiger charge is -2.32. The molecule has 200 valence electrons. The molecule has 0 atom stereocenters. The van der Waals surface area contributed by atoms with E-state index in [-0.39, 0.29) is 16.4 Å². The van der Waals surface area contributed by atoms with Crippen molar-refractivity contribution < 1.29 is 32.2 Å². The van der Waals surface area contributed by atoms with E-state index in [1.54, 1.807) is 41.5 Å². The molecule has 2 aromatic rings. The van der Waals surface area contributed by atoms with E-state index in [9.17, 15) is 22.8 Å². The molecule has 0 saturated carbocycles. The number of ether oxygens (including phenoxy) is 2. The van der Waals surface area contributed by atoms with Crippen molar-refractivity contribution in [2.24, 2.45) is 0 Å². The van der Waals surface area contributed by atoms with Crippen LogP contribution in [0, 0.1) is 0 Å². The number of carbonyl (C=O) groups excluding carboxylic acids is 2. The maximum absolute atomic E-state index is 13.7. The Balaban J connectivity index is 2.09. The van der Waals surface area contributed by atoms with Crippen LogP contribution in [0.1, 0.15) is 52.7 Å². The van der Waals surface area contributed by atoms with Crippen LogP contribution < -0.4 is 4.90 Å². The molecule has 1 aliphatic rings. The van der Waals surface area contributed by atoms with Crippen LogP contribution in [0.3, 0.4) is 0 Å². The van der Waals surface area contributed by atoms with Crippen molar-refractivity contribution in [1.82, 2.24) is 14.8 Å². The van der Waals surface area contributed by atoms with E-state index in [0.29, 0.717) is 29.1 Å². The summed E-state index contributed by atoms with van der Waals surface area (Å²) in [5.74, 6) is 0. The van der Waals surface area contributed by atoms with Gasteiger partial charge in [0.1, 0.15) is 11.2 Å². The van der Waals surface area contributed by atoms with E-state index < -0.39 is 35.1 Å². The first-order valence-corrected chi connectivity index (χ1v) is 12.4. The molecular weight excluding hydrogens is 497 g/mol. The van der Waals surface area contributed by atoms with Crippen LogP contribution in [0.25, 0.3) is 10.2 Å². The van der Waals surface area contributed by atoms with Crippen LogP contribution in [0.5, 0.6) is 0 Å². The minimum absolute atomic E-state index is 0.118. The summed E-state index contributed by atoms with van der Waals surface area (Å²) < 4.78 is 52.2. The van der Waals surface area contributed by atoms with Gasteiger partial charge in [-0.3, -0.25) is 4.90 Å². The first-order chi connectivity index (χ1) is 16.4. The highest BCUT2D eigenvalue weighted by atomic mass is 32.1. The van der Waals surface area contributed by atoms with Gasteiger partial charge in [0, 0.05) is 32.7 Å². The number of likely N-dealkylation sites (N-methyl/N-ethyl adjacent to an activating group) is 1. The van der Waals surface area contributed by atoms with Crippen LogP contribution in [0.4, 0.5) is 27.9 Å². The topological polar surface area (TPSA) is 75.2 Å². The molecule has 12 heteroatoms. The molecule has 0 radical (unpaired) electrons. The van der Waals surface area contributed by atoms with Crippen LogP contribution in [-0.2, 0) is 22.2 Å². The SMILES string of the molecule is CN1CCN(Cc2cc(C(F)(F)F)cc3sc(N(C(=O)OC(C)(C)C)C(=O)OC(C)(C)C)nc23)CC1. The van der Waals surface area contributed by atoms with Crippen molar-refractivity contribution in [3.05, 3.63) is 23.3 Å². The molecule has 36 heavy (non-hydrogen) atoms. The Hall–Kier alpha value is -2.44. The molecule has 0 unspecified atom stereocenters. The number of piperazine rings is 1. The molecule has 2 heterocycles. The Morgan fingerprint density at radius 3 is 1.97 bits per heavy atom. The van der Waals surface area contributed by atoms with Gasteiger partial charge in [0.25, 0.3) is 0 Å². The number of nitrogens with zero attached hydrogens (tertiary/aromatic N) is 4. The number of imide groups is 1. The lowest BCUT2D eigenvalue weighted by molar-refractivity contribution is -0.137. The third-order valence-electron chi connectivity index (χ3n) is 5.22. The van der Waals surface area contributed by atoms with Gasteiger partial charge in [-0.15, -0.1) is 0 Å². The quantitative estimate of drug-likeness (QED) is 0.501. The van der Waals surface area contributed by atoms with Crippen molar-refractivity contribution in [3.8, 4) is 0 Å². The summed E-state index contributed by atoms with van der Waals surface area (Å²) in [4.78, 5) is 35.3. The van der Waals surface area contributed by atoms with E-state index in [4.69, 9.17) is 9.47 Å². The fraction of sp³-hybridized carbons (Fsp3) is 0.625. The molecule has 0 N–H and O–H groups in total. The Morgan fingerprint density at radius 2 is 1.50 bits per heavy atom. The summed E-state index contributed by atoms with van der Waals surface area (Å²) in [6.45, 7) is 13.1. The van der Waals surface area contributed by atoms with E-state index in [1.165, 1.54) is 0 Å². The van der Waals surface area contributed by atoms with Gasteiger partial charge in [-0.25, -0.2) is 14.6 Å². The van der Waals surface area contributed by atoms with Gasteiger partial charge in [-0.1, -0.05) is 11.3 Å². The molecule has 1 saturated heterocycles. The predicted molar refractivity (Wildman–Crippen MR) is 132 cm³/mol. The second kappa shape index (κ2) is 10.1. The number of aromatic nitrogens is 1. The van der Waals surface area contributed by atoms with Crippen LogP contribution in [0.15, 0.2) is 12.1 Å². The number of halogens is 3. The summed E-state index contributed by atoms with van der Waals surface area (Å²) >= 11 is 0.807. The summed E-state index contributed by atoms with van der Waals surface area (Å²) in [5, 5.41) is -0.118. The van der Waals surface area contributed by atoms with Crippen molar-refractivity contribution in [3.63, 3.8) is 0 Å². The normalized spacial score (nSPS) is 16.3. The largest absolute Gasteiger partial charge is 0.443 e. The van der Waals surface area contributed by atoms with Gasteiger partial charge in [0.05, 0.1) is 15.8 Å². The smallest absolute Gasteiger partial charge is 0.426 e. The lowest BCUT2D eigenvalue weighted by Crippen LogP contribution is -2.44. The van der Waals surface area contributed by atoms with Gasteiger partial charge >= 0.3 is 18.4 Å². The molecule has 1 fully saturated rings. The Kier molecular flexibility index (Phi) is 7.92. The second-order valence-electron chi connectivity index (χ2n) is 10.9. The van der Waals surface area contributed by atoms with E-state index in [0.717, 1.165) is 36.6 Å². The minimum atomic E-state index is -4.56. The number of hydrogen-bond donors (Lipinski definition) is 0. The first-order valence-electron chi connectivity index (χ1n) is 11.6. The maximum atomic E-state index is 13.7. The Bertz CT molecular complexity index is 1090. The van der Waals surface area contributed by atoms with E-state index in [2.05, 4.69) is 14.8 Å². The Labute approximate surface area is 212 Å². The fourth-order valence-corrected chi connectivity index (χ4v) is 4.59. The third-order valence-corrected chi connectivity index (χ3v) is 6.21. The number of benzene rings is 1. The lowest BCUT2D eigenvalue weighted by atomic mass is 10.1. The van der Waals surface area contributed by atoms with Crippen LogP contribution in [-0.4, -0.2) is 71.4 Å². The zero-order valence-electron chi connectivity index (χ0n) is 21.7. The number of alkyl halides is 3. The zero-order chi connectivity index (χ0) is 27.1. The summed E-state index contributed by atoms with van der Waals surface area (Å²) in [6, 6.07) is 2.09. The Morgan fingerprint density at radius 1 is 0.972 bits per heavy atom. The number of fused-ring (bicyclic) bond motifs is 1. The average Bonchev–Trinajstić information content (AvgIpc) is 3.10. The number of carbonyl (C=O) groups is 2. The number of amides is 2. The molecule has 3 rings (SSSR count). The van der Waals surface area contributed by atoms with Gasteiger partial charge in [-0.2, -0.15) is 18.1 Å². The number of anilines is 1. The first kappa shape index (κ1) is 28.1. The van der Waals surface area contributed by atoms with Crippen molar-refractivity contribution in [1.29, 1.82) is 0 Å². The van der Waals surface area contributed by atoms with Crippen molar-refractivity contribution in [2.45, 2.75) is 65.5 Å². The molecule has 0 aliphatic carbocycles. The zero-order valence-corrected chi connectivity index (χ0v) is 22.5. The maximum Gasteiger partial charge on any atom is 0.426 e. The highest BCUT2D eigenvalue weighted by Crippen LogP contribution is 2.38. The minimum Gasteiger partial charge on any atom is -0.443 e. The highest BCUT2D eigenvalue weighted by molar-refractivity contribution is 7.22. The molecule has 0 bridgehead atoms. The van der Waals surface area contributed by atoms with Gasteiger partial charge < -0.3 is 14.4 Å². The summed E-state index contributed by atoms with van der Waals surface area (Å²) in [7, 11) is 1.99. The molecule has 1 aromatic carbocycles. The average molecular weight is 531 g/mol. The number of thiazole rings is 1. The molecule has 0 spiro atoms. The second-order valence-corrected chi connectivity index (χ2v) is 11.9. The van der Waals surface area contributed by atoms with Gasteiger partial charge in [-0.05, 0) is 66.3 Å². The molecular formula is C24H33F3N4O4S. The van der Waals surface area contributed by atoms with Crippen LogP contribution >= 0.6 is 11.3 Å². The molecule has 2 amide bonds. The van der Waals surface area contributed by atoms with Crippen molar-refractivity contribution in [2.75, 3.05) is 38.1 Å². The van der Waals surface area contributed by atoms with E-state index in [1.807, 2.05) is 7.05 Å². The summed E-state index contributed by atoms with van der Waals surface area (Å²) in [5.41, 5.74) is -1.98. The van der Waals surface area contributed by atoms with Gasteiger partial charge in [0.2, 0.25) is 5.13 Å². The predicted octanol–water partition coefficient (Wildman–Crippen LogP) is 5.74. The van der Waals surface area contributed by atoms with Crippen LogP contribution in [0.2, 0.25) is 0 Å². The highest BCUT2D eigenvalue weighted by Gasteiger charge is 2.36. The molecule has 1 aromatic heterocycles. The third kappa shape index (κ3) is 7.30. The number of rotatable bonds is 3. The fourth-order valence-electron chi connectivity index (χ4n) is 3.56. The van der Waals surface area contributed by atoms with Crippen molar-refractivity contribution >= 4 is 38.9 Å². The number of hydrogen-bond acceptors (Lipinski definition) is 8. The monoisotopic (exact) mass is 530 g/mol. The van der Waals surface area contributed by atoms with E-state index >= 15 is 0 Å². The molecule has 8 nitrogen and oxygen atoms in total. The summed E-state index contributed by atoms with van der Waals surface area (Å²) in [6.07, 6.45) is -6.61. The molecule has 1 aliphatic heterocycles.